The second kappa shape index (κ2) is 6.01. The van der Waals surface area contributed by atoms with Crippen LogP contribution in [0.15, 0.2) is 4.52 Å². The Hall–Kier alpha value is -0.940. The van der Waals surface area contributed by atoms with Gasteiger partial charge in [-0.25, -0.2) is 0 Å². The molecule has 0 aliphatic heterocycles. The molecule has 0 unspecified atom stereocenters. The third kappa shape index (κ3) is 3.54. The minimum Gasteiger partial charge on any atom is -0.370 e. The molecule has 19 heavy (non-hydrogen) atoms. The fraction of sp³-hybridized carbons (Fsp3) is 0.857. The monoisotopic (exact) mass is 265 g/mol. The van der Waals surface area contributed by atoms with E-state index < -0.39 is 0 Å². The molecular formula is C14H23N3O2. The van der Waals surface area contributed by atoms with Gasteiger partial charge >= 0.3 is 0 Å². The Morgan fingerprint density at radius 2 is 2.00 bits per heavy atom. The highest BCUT2D eigenvalue weighted by Crippen LogP contribution is 2.38. The molecule has 5 nitrogen and oxygen atoms in total. The molecule has 0 bridgehead atoms. The maximum Gasteiger partial charge on any atom is 0.229 e. The molecule has 0 amide bonds. The van der Waals surface area contributed by atoms with Crippen LogP contribution in [-0.2, 0) is 11.3 Å². The molecule has 1 N–H and O–H groups in total. The van der Waals surface area contributed by atoms with E-state index in [1.54, 1.807) is 0 Å². The fourth-order valence-corrected chi connectivity index (χ4v) is 2.74. The van der Waals surface area contributed by atoms with Crippen molar-refractivity contribution in [3.8, 4) is 0 Å². The van der Waals surface area contributed by atoms with E-state index in [1.807, 2.05) is 0 Å². The van der Waals surface area contributed by atoms with Crippen molar-refractivity contribution in [2.75, 3.05) is 6.54 Å². The van der Waals surface area contributed by atoms with Gasteiger partial charge in [0.1, 0.15) is 6.61 Å². The number of hydrogen-bond donors (Lipinski definition) is 1. The summed E-state index contributed by atoms with van der Waals surface area (Å²) < 4.78 is 11.1. The van der Waals surface area contributed by atoms with Gasteiger partial charge in [-0.2, -0.15) is 4.98 Å². The van der Waals surface area contributed by atoms with E-state index in [4.69, 9.17) is 9.26 Å². The van der Waals surface area contributed by atoms with Crippen LogP contribution >= 0.6 is 0 Å². The summed E-state index contributed by atoms with van der Waals surface area (Å²) in [4.78, 5) is 4.39. The van der Waals surface area contributed by atoms with Crippen molar-refractivity contribution in [1.29, 1.82) is 0 Å². The Bertz CT molecular complexity index is 395. The fourth-order valence-electron chi connectivity index (χ4n) is 2.74. The summed E-state index contributed by atoms with van der Waals surface area (Å²) in [5.41, 5.74) is 0. The van der Waals surface area contributed by atoms with Gasteiger partial charge in [0.15, 0.2) is 5.82 Å². The zero-order chi connectivity index (χ0) is 13.1. The first-order chi connectivity index (χ1) is 9.35. The predicted octanol–water partition coefficient (Wildman–Crippen LogP) is 2.38. The van der Waals surface area contributed by atoms with Crippen molar-refractivity contribution in [3.05, 3.63) is 11.7 Å². The van der Waals surface area contributed by atoms with Crippen LogP contribution < -0.4 is 5.32 Å². The highest BCUT2D eigenvalue weighted by atomic mass is 16.5. The SMILES string of the molecule is CCNC1CCC(OCc2noc(C3CC3)n2)CC1. The van der Waals surface area contributed by atoms with Crippen LogP contribution in [0.25, 0.3) is 0 Å². The highest BCUT2D eigenvalue weighted by Gasteiger charge is 2.29. The normalized spacial score (nSPS) is 27.6. The van der Waals surface area contributed by atoms with E-state index in [1.165, 1.54) is 25.7 Å². The average Bonchev–Trinajstić information content (AvgIpc) is 3.18. The van der Waals surface area contributed by atoms with Gasteiger partial charge in [0.25, 0.3) is 0 Å². The van der Waals surface area contributed by atoms with Crippen LogP contribution in [0, 0.1) is 0 Å². The van der Waals surface area contributed by atoms with Gasteiger partial charge in [0, 0.05) is 12.0 Å². The Morgan fingerprint density at radius 1 is 1.21 bits per heavy atom. The van der Waals surface area contributed by atoms with Crippen LogP contribution in [0.5, 0.6) is 0 Å². The van der Waals surface area contributed by atoms with Gasteiger partial charge in [-0.05, 0) is 45.1 Å². The standard InChI is InChI=1S/C14H23N3O2/c1-2-15-11-5-7-12(8-6-11)18-9-13-16-14(19-17-13)10-3-4-10/h10-12,15H,2-9H2,1H3. The molecule has 2 aliphatic carbocycles. The number of ether oxygens (including phenoxy) is 1. The van der Waals surface area contributed by atoms with Gasteiger partial charge in [-0.3, -0.25) is 0 Å². The number of nitrogens with one attached hydrogen (secondary N) is 1. The third-order valence-electron chi connectivity index (χ3n) is 4.03. The highest BCUT2D eigenvalue weighted by molar-refractivity contribution is 5.01. The molecular weight excluding hydrogens is 242 g/mol. The topological polar surface area (TPSA) is 60.2 Å². The van der Waals surface area contributed by atoms with Crippen LogP contribution in [0.4, 0.5) is 0 Å². The quantitative estimate of drug-likeness (QED) is 0.855. The van der Waals surface area contributed by atoms with E-state index in [-0.39, 0.29) is 0 Å². The number of aromatic nitrogens is 2. The third-order valence-corrected chi connectivity index (χ3v) is 4.03. The van der Waals surface area contributed by atoms with Gasteiger partial charge < -0.3 is 14.6 Å². The molecule has 1 aromatic rings. The van der Waals surface area contributed by atoms with Crippen molar-refractivity contribution in [2.45, 2.75) is 70.1 Å². The smallest absolute Gasteiger partial charge is 0.229 e. The van der Waals surface area contributed by atoms with Crippen molar-refractivity contribution in [1.82, 2.24) is 15.5 Å². The molecule has 0 aromatic carbocycles. The first kappa shape index (κ1) is 13.1. The first-order valence-corrected chi connectivity index (χ1v) is 7.52. The molecule has 1 aromatic heterocycles. The Kier molecular flexibility index (Phi) is 4.13. The summed E-state index contributed by atoms with van der Waals surface area (Å²) in [5.74, 6) is 2.03. The number of nitrogens with zero attached hydrogens (tertiary/aromatic N) is 2. The van der Waals surface area contributed by atoms with Gasteiger partial charge in [0.05, 0.1) is 6.10 Å². The molecule has 1 heterocycles. The molecule has 0 atom stereocenters. The largest absolute Gasteiger partial charge is 0.370 e. The number of hydrogen-bond acceptors (Lipinski definition) is 5. The molecule has 106 valence electrons. The van der Waals surface area contributed by atoms with E-state index in [0.717, 1.165) is 25.3 Å². The van der Waals surface area contributed by atoms with Crippen molar-refractivity contribution in [3.63, 3.8) is 0 Å². The molecule has 0 radical (unpaired) electrons. The summed E-state index contributed by atoms with van der Waals surface area (Å²) in [5, 5.41) is 7.49. The number of rotatable bonds is 6. The summed E-state index contributed by atoms with van der Waals surface area (Å²) in [6.45, 7) is 3.71. The Labute approximate surface area is 114 Å². The van der Waals surface area contributed by atoms with Gasteiger partial charge in [0.2, 0.25) is 5.89 Å². The lowest BCUT2D eigenvalue weighted by Crippen LogP contribution is -2.35. The van der Waals surface area contributed by atoms with Crippen molar-refractivity contribution in [2.24, 2.45) is 0 Å². The minimum absolute atomic E-state index is 0.359. The van der Waals surface area contributed by atoms with Crippen LogP contribution in [0.1, 0.15) is 63.1 Å². The van der Waals surface area contributed by atoms with E-state index in [0.29, 0.717) is 30.5 Å². The van der Waals surface area contributed by atoms with E-state index >= 15 is 0 Å². The molecule has 2 saturated carbocycles. The van der Waals surface area contributed by atoms with Crippen molar-refractivity contribution < 1.29 is 9.26 Å². The van der Waals surface area contributed by atoms with Gasteiger partial charge in [-0.1, -0.05) is 12.1 Å². The summed E-state index contributed by atoms with van der Waals surface area (Å²) in [6.07, 6.45) is 7.41. The van der Waals surface area contributed by atoms with Gasteiger partial charge in [-0.15, -0.1) is 0 Å². The zero-order valence-electron chi connectivity index (χ0n) is 11.6. The molecule has 2 fully saturated rings. The predicted molar refractivity (Wildman–Crippen MR) is 70.8 cm³/mol. The molecule has 2 aliphatic rings. The van der Waals surface area contributed by atoms with Crippen LogP contribution in [0.3, 0.4) is 0 Å². The minimum atomic E-state index is 0.359. The summed E-state index contributed by atoms with van der Waals surface area (Å²) in [6, 6.07) is 0.677. The lowest BCUT2D eigenvalue weighted by atomic mass is 9.93. The molecule has 3 rings (SSSR count). The maximum absolute atomic E-state index is 5.90. The Balaban J connectivity index is 1.40. The average molecular weight is 265 g/mol. The van der Waals surface area contributed by atoms with E-state index in [9.17, 15) is 0 Å². The maximum atomic E-state index is 5.90. The molecule has 0 saturated heterocycles. The van der Waals surface area contributed by atoms with Crippen molar-refractivity contribution >= 4 is 0 Å². The summed E-state index contributed by atoms with van der Waals surface area (Å²) >= 11 is 0. The second-order valence-corrected chi connectivity index (χ2v) is 5.67. The first-order valence-electron chi connectivity index (χ1n) is 7.52. The van der Waals surface area contributed by atoms with Crippen LogP contribution in [-0.4, -0.2) is 28.8 Å². The molecule has 5 heteroatoms. The van der Waals surface area contributed by atoms with E-state index in [2.05, 4.69) is 22.4 Å². The summed E-state index contributed by atoms with van der Waals surface area (Å²) in [7, 11) is 0. The lowest BCUT2D eigenvalue weighted by Gasteiger charge is -2.28. The van der Waals surface area contributed by atoms with Crippen LogP contribution in [0.2, 0.25) is 0 Å². The molecule has 0 spiro atoms. The Morgan fingerprint density at radius 3 is 2.68 bits per heavy atom. The second-order valence-electron chi connectivity index (χ2n) is 5.67. The zero-order valence-corrected chi connectivity index (χ0v) is 11.6. The lowest BCUT2D eigenvalue weighted by molar-refractivity contribution is 0.00755.